The van der Waals surface area contributed by atoms with Gasteiger partial charge in [0.05, 0.1) is 11.6 Å². The monoisotopic (exact) mass is 370 g/mol. The zero-order chi connectivity index (χ0) is 20.0. The van der Waals surface area contributed by atoms with Crippen LogP contribution in [0.4, 0.5) is 5.69 Å². The van der Waals surface area contributed by atoms with Crippen molar-refractivity contribution in [1.82, 2.24) is 5.32 Å². The maximum absolute atomic E-state index is 13.4. The molecule has 0 aliphatic carbocycles. The Balaban J connectivity index is 1.97. The van der Waals surface area contributed by atoms with Crippen LogP contribution in [-0.4, -0.2) is 11.7 Å². The van der Waals surface area contributed by atoms with Gasteiger partial charge in [0.15, 0.2) is 0 Å². The molecule has 1 amide bonds. The van der Waals surface area contributed by atoms with Crippen LogP contribution in [0.5, 0.6) is 0 Å². The lowest BCUT2D eigenvalue weighted by molar-refractivity contribution is -0.120. The number of carbonyl (C=O) groups excluding carboxylic acids is 1. The van der Waals surface area contributed by atoms with Crippen LogP contribution < -0.4 is 5.32 Å². The van der Waals surface area contributed by atoms with Crippen LogP contribution in [0.2, 0.25) is 0 Å². The third-order valence-electron chi connectivity index (χ3n) is 4.48. The average molecular weight is 370 g/mol. The summed E-state index contributed by atoms with van der Waals surface area (Å²) in [5.74, 6) is 0.174. The summed E-state index contributed by atoms with van der Waals surface area (Å²) < 4.78 is 0. The lowest BCUT2D eigenvalue weighted by atomic mass is 9.89. The van der Waals surface area contributed by atoms with Crippen molar-refractivity contribution in [2.75, 3.05) is 0 Å². The molecule has 0 fully saturated rings. The molecule has 3 aromatic rings. The fraction of sp³-hybridized carbons (Fsp3) is 0.200. The smallest absolute Gasteiger partial charge is 0.237 e. The number of rotatable bonds is 4. The van der Waals surface area contributed by atoms with E-state index in [0.717, 1.165) is 16.8 Å². The molecule has 0 saturated heterocycles. The van der Waals surface area contributed by atoms with Crippen LogP contribution >= 0.6 is 0 Å². The molecule has 0 spiro atoms. The van der Waals surface area contributed by atoms with Crippen molar-refractivity contribution in [2.24, 2.45) is 10.4 Å². The van der Waals surface area contributed by atoms with Crippen molar-refractivity contribution in [1.29, 1.82) is 0 Å². The Hall–Kier alpha value is -3.20. The summed E-state index contributed by atoms with van der Waals surface area (Å²) in [4.78, 5) is 18.1. The first kappa shape index (κ1) is 19.6. The normalized spacial score (nSPS) is 12.1. The van der Waals surface area contributed by atoms with Gasteiger partial charge in [0, 0.05) is 5.41 Å². The highest BCUT2D eigenvalue weighted by Gasteiger charge is 2.27. The lowest BCUT2D eigenvalue weighted by Gasteiger charge is -2.25. The Kier molecular flexibility index (Phi) is 6.05. The molecule has 0 aliphatic rings. The molecule has 0 radical (unpaired) electrons. The zero-order valence-corrected chi connectivity index (χ0v) is 16.6. The van der Waals surface area contributed by atoms with Crippen LogP contribution in [0.15, 0.2) is 96.0 Å². The summed E-state index contributed by atoms with van der Waals surface area (Å²) in [5.41, 5.74) is 2.44. The fourth-order valence-corrected chi connectivity index (χ4v) is 2.99. The van der Waals surface area contributed by atoms with Gasteiger partial charge in [-0.25, -0.2) is 4.99 Å². The van der Waals surface area contributed by atoms with E-state index in [9.17, 15) is 4.79 Å². The van der Waals surface area contributed by atoms with Crippen LogP contribution in [-0.2, 0) is 4.79 Å². The zero-order valence-electron chi connectivity index (χ0n) is 16.6. The van der Waals surface area contributed by atoms with E-state index in [4.69, 9.17) is 4.99 Å². The van der Waals surface area contributed by atoms with Gasteiger partial charge in [-0.2, -0.15) is 0 Å². The summed E-state index contributed by atoms with van der Waals surface area (Å²) in [6.45, 7) is 6.15. The first-order chi connectivity index (χ1) is 13.4. The Morgan fingerprint density at radius 2 is 1.18 bits per heavy atom. The number of hydrogen-bond donors (Lipinski definition) is 1. The number of hydrogen-bond acceptors (Lipinski definition) is 2. The lowest BCUT2D eigenvalue weighted by Crippen LogP contribution is -2.41. The minimum Gasteiger partial charge on any atom is -0.313 e. The van der Waals surface area contributed by atoms with Gasteiger partial charge in [0.1, 0.15) is 5.84 Å². The van der Waals surface area contributed by atoms with Crippen LogP contribution in [0.25, 0.3) is 0 Å². The highest BCUT2D eigenvalue weighted by atomic mass is 16.2. The Bertz CT molecular complexity index is 887. The van der Waals surface area contributed by atoms with Crippen molar-refractivity contribution in [2.45, 2.75) is 26.7 Å². The number of para-hydroxylation sites is 1. The molecule has 28 heavy (non-hydrogen) atoms. The average Bonchev–Trinajstić information content (AvgIpc) is 2.69. The minimum absolute atomic E-state index is 0.0815. The minimum atomic E-state index is -0.397. The highest BCUT2D eigenvalue weighted by molar-refractivity contribution is 6.05. The van der Waals surface area contributed by atoms with Crippen molar-refractivity contribution in [3.8, 4) is 0 Å². The number of nitrogens with one attached hydrogen (secondary N) is 1. The van der Waals surface area contributed by atoms with Crippen LogP contribution in [0.1, 0.15) is 37.8 Å². The van der Waals surface area contributed by atoms with E-state index in [0.29, 0.717) is 5.84 Å². The summed E-state index contributed by atoms with van der Waals surface area (Å²) in [5, 5.41) is 3.11. The van der Waals surface area contributed by atoms with Crippen molar-refractivity contribution >= 4 is 17.4 Å². The summed E-state index contributed by atoms with van der Waals surface area (Å²) in [6, 6.07) is 29.4. The van der Waals surface area contributed by atoms with Gasteiger partial charge in [0.25, 0.3) is 0 Å². The predicted molar refractivity (Wildman–Crippen MR) is 116 cm³/mol. The molecule has 0 heterocycles. The van der Waals surface area contributed by atoms with E-state index in [1.165, 1.54) is 0 Å². The van der Waals surface area contributed by atoms with E-state index < -0.39 is 5.92 Å². The highest BCUT2D eigenvalue weighted by Crippen LogP contribution is 2.26. The fourth-order valence-electron chi connectivity index (χ4n) is 2.99. The predicted octanol–water partition coefficient (Wildman–Crippen LogP) is 5.71. The number of carbonyl (C=O) groups is 1. The number of benzene rings is 3. The molecule has 0 aliphatic heterocycles. The van der Waals surface area contributed by atoms with Crippen LogP contribution in [0, 0.1) is 5.41 Å². The van der Waals surface area contributed by atoms with E-state index in [1.54, 1.807) is 0 Å². The third-order valence-corrected chi connectivity index (χ3v) is 4.48. The van der Waals surface area contributed by atoms with Gasteiger partial charge in [0.2, 0.25) is 5.91 Å². The molecule has 0 atom stereocenters. The largest absolute Gasteiger partial charge is 0.313 e. The molecule has 142 valence electrons. The number of amidine groups is 1. The second kappa shape index (κ2) is 8.66. The first-order valence-electron chi connectivity index (χ1n) is 9.50. The maximum atomic E-state index is 13.4. The molecule has 3 aromatic carbocycles. The van der Waals surface area contributed by atoms with Gasteiger partial charge in [-0.05, 0) is 23.3 Å². The molecule has 0 bridgehead atoms. The molecular weight excluding hydrogens is 344 g/mol. The molecule has 3 nitrogen and oxygen atoms in total. The summed E-state index contributed by atoms with van der Waals surface area (Å²) in [6.07, 6.45) is 0. The maximum Gasteiger partial charge on any atom is 0.237 e. The molecule has 0 aromatic heterocycles. The van der Waals surface area contributed by atoms with Gasteiger partial charge < -0.3 is 5.32 Å². The summed E-state index contributed by atoms with van der Waals surface area (Å²) >= 11 is 0. The standard InChI is InChI=1S/C25H26N2O/c1-25(2,3)24(26-21-17-11-6-12-18-21)27-23(28)22(19-13-7-4-8-14-19)20-15-9-5-10-16-20/h4-18,22H,1-3H3,(H,26,27,28). The molecular formula is C25H26N2O. The SMILES string of the molecule is CC(C)(C)C(=Nc1ccccc1)NC(=O)C(c1ccccc1)c1ccccc1. The second-order valence-corrected chi connectivity index (χ2v) is 7.79. The van der Waals surface area contributed by atoms with Gasteiger partial charge in [-0.3, -0.25) is 4.79 Å². The quantitative estimate of drug-likeness (QED) is 0.464. The van der Waals surface area contributed by atoms with Crippen LogP contribution in [0.3, 0.4) is 0 Å². The van der Waals surface area contributed by atoms with Gasteiger partial charge >= 0.3 is 0 Å². The number of aliphatic imine (C=N–C) groups is 1. The Morgan fingerprint density at radius 1 is 0.750 bits per heavy atom. The first-order valence-corrected chi connectivity index (χ1v) is 9.50. The van der Waals surface area contributed by atoms with Crippen molar-refractivity contribution < 1.29 is 4.79 Å². The molecule has 0 unspecified atom stereocenters. The summed E-state index contributed by atoms with van der Waals surface area (Å²) in [7, 11) is 0. The molecule has 3 rings (SSSR count). The van der Waals surface area contributed by atoms with E-state index >= 15 is 0 Å². The molecule has 0 saturated carbocycles. The van der Waals surface area contributed by atoms with E-state index in [1.807, 2.05) is 91.0 Å². The van der Waals surface area contributed by atoms with Crippen molar-refractivity contribution in [3.63, 3.8) is 0 Å². The van der Waals surface area contributed by atoms with Crippen molar-refractivity contribution in [3.05, 3.63) is 102 Å². The van der Waals surface area contributed by atoms with Gasteiger partial charge in [-0.15, -0.1) is 0 Å². The van der Waals surface area contributed by atoms with E-state index in [2.05, 4.69) is 26.1 Å². The Labute approximate surface area is 167 Å². The second-order valence-electron chi connectivity index (χ2n) is 7.79. The van der Waals surface area contributed by atoms with Gasteiger partial charge in [-0.1, -0.05) is 99.6 Å². The molecule has 1 N–H and O–H groups in total. The topological polar surface area (TPSA) is 41.5 Å². The Morgan fingerprint density at radius 3 is 1.61 bits per heavy atom. The van der Waals surface area contributed by atoms with E-state index in [-0.39, 0.29) is 11.3 Å². The molecule has 3 heteroatoms. The third kappa shape index (κ3) is 4.95. The number of amides is 1. The number of nitrogens with zero attached hydrogens (tertiary/aromatic N) is 1.